The number of hydrogen-bond acceptors (Lipinski definition) is 4. The maximum atomic E-state index is 12.0. The van der Waals surface area contributed by atoms with Gasteiger partial charge in [0.2, 0.25) is 0 Å². The molecule has 2 aromatic rings. The molecule has 0 saturated carbocycles. The maximum Gasteiger partial charge on any atom is 0.315 e. The number of aromatic nitrogens is 2. The Kier molecular flexibility index (Phi) is 6.84. The van der Waals surface area contributed by atoms with Crippen molar-refractivity contribution in [1.29, 1.82) is 0 Å². The van der Waals surface area contributed by atoms with Crippen LogP contribution in [0.4, 0.5) is 4.79 Å². The summed E-state index contributed by atoms with van der Waals surface area (Å²) in [5.41, 5.74) is 2.11. The van der Waals surface area contributed by atoms with Crippen molar-refractivity contribution in [1.82, 2.24) is 25.1 Å². The second kappa shape index (κ2) is 9.53. The summed E-state index contributed by atoms with van der Waals surface area (Å²) in [7, 11) is 0. The highest BCUT2D eigenvalue weighted by Crippen LogP contribution is 2.11. The van der Waals surface area contributed by atoms with E-state index in [1.807, 2.05) is 35.0 Å². The van der Waals surface area contributed by atoms with Crippen molar-refractivity contribution in [2.24, 2.45) is 0 Å². The number of morpholine rings is 1. The van der Waals surface area contributed by atoms with E-state index in [1.165, 1.54) is 0 Å². The summed E-state index contributed by atoms with van der Waals surface area (Å²) in [6.45, 7) is 8.30. The predicted octanol–water partition coefficient (Wildman–Crippen LogP) is 2.17. The first-order valence-corrected chi connectivity index (χ1v) is 9.57. The van der Waals surface area contributed by atoms with Gasteiger partial charge in [-0.25, -0.2) is 9.78 Å². The summed E-state index contributed by atoms with van der Waals surface area (Å²) < 4.78 is 7.68. The standard InChI is InChI=1S/C20H29N5O2/c1-16-13-24(14-17(2)27-16)10-3-8-22-20(26)23-12-18-4-6-19(7-5-18)25-11-9-21-15-25/h4-7,9,11,15-17H,3,8,10,12-14H2,1-2H3,(H2,22,23,26). The van der Waals surface area contributed by atoms with Gasteiger partial charge in [0.1, 0.15) is 0 Å². The van der Waals surface area contributed by atoms with Gasteiger partial charge in [-0.2, -0.15) is 0 Å². The molecule has 2 amide bonds. The molecule has 1 aromatic carbocycles. The number of urea groups is 1. The van der Waals surface area contributed by atoms with Gasteiger partial charge in [0.25, 0.3) is 0 Å². The Morgan fingerprint density at radius 1 is 1.19 bits per heavy atom. The highest BCUT2D eigenvalue weighted by Gasteiger charge is 2.21. The first kappa shape index (κ1) is 19.4. The van der Waals surface area contributed by atoms with Crippen LogP contribution in [0, 0.1) is 0 Å². The van der Waals surface area contributed by atoms with Crippen LogP contribution in [-0.4, -0.2) is 58.9 Å². The third kappa shape index (κ3) is 6.08. The molecular formula is C20H29N5O2. The number of carbonyl (C=O) groups is 1. The normalized spacial score (nSPS) is 20.4. The molecule has 1 aliphatic heterocycles. The Labute approximate surface area is 160 Å². The zero-order valence-electron chi connectivity index (χ0n) is 16.1. The van der Waals surface area contributed by atoms with Crippen LogP contribution >= 0.6 is 0 Å². The molecule has 7 nitrogen and oxygen atoms in total. The van der Waals surface area contributed by atoms with Gasteiger partial charge in [0, 0.05) is 50.8 Å². The van der Waals surface area contributed by atoms with Gasteiger partial charge >= 0.3 is 6.03 Å². The lowest BCUT2D eigenvalue weighted by molar-refractivity contribution is -0.0679. The largest absolute Gasteiger partial charge is 0.373 e. The lowest BCUT2D eigenvalue weighted by atomic mass is 10.2. The number of nitrogens with one attached hydrogen (secondary N) is 2. The number of carbonyl (C=O) groups excluding carboxylic acids is 1. The Bertz CT molecular complexity index is 692. The molecule has 3 rings (SSSR count). The molecule has 0 bridgehead atoms. The van der Waals surface area contributed by atoms with Gasteiger partial charge in [-0.3, -0.25) is 4.90 Å². The van der Waals surface area contributed by atoms with E-state index in [0.717, 1.165) is 37.3 Å². The van der Waals surface area contributed by atoms with E-state index in [1.54, 1.807) is 12.5 Å². The average molecular weight is 371 g/mol. The number of ether oxygens (including phenoxy) is 1. The van der Waals surface area contributed by atoms with E-state index >= 15 is 0 Å². The smallest absolute Gasteiger partial charge is 0.315 e. The van der Waals surface area contributed by atoms with Crippen molar-refractivity contribution in [3.8, 4) is 5.69 Å². The van der Waals surface area contributed by atoms with E-state index in [4.69, 9.17) is 4.74 Å². The summed E-state index contributed by atoms with van der Waals surface area (Å²) in [6, 6.07) is 7.92. The van der Waals surface area contributed by atoms with E-state index < -0.39 is 0 Å². The maximum absolute atomic E-state index is 12.0. The van der Waals surface area contributed by atoms with Gasteiger partial charge in [-0.1, -0.05) is 12.1 Å². The minimum atomic E-state index is -0.127. The minimum Gasteiger partial charge on any atom is -0.373 e. The third-order valence-electron chi connectivity index (χ3n) is 4.62. The fraction of sp³-hybridized carbons (Fsp3) is 0.500. The Morgan fingerprint density at radius 3 is 2.59 bits per heavy atom. The van der Waals surface area contributed by atoms with Gasteiger partial charge < -0.3 is 19.9 Å². The number of amides is 2. The molecule has 1 aromatic heterocycles. The predicted molar refractivity (Wildman–Crippen MR) is 105 cm³/mol. The average Bonchev–Trinajstić information content (AvgIpc) is 3.18. The number of benzene rings is 1. The summed E-state index contributed by atoms with van der Waals surface area (Å²) in [5, 5.41) is 5.83. The molecule has 0 spiro atoms. The highest BCUT2D eigenvalue weighted by atomic mass is 16.5. The second-order valence-corrected chi connectivity index (χ2v) is 7.12. The van der Waals surface area contributed by atoms with Crippen molar-refractivity contribution in [2.75, 3.05) is 26.2 Å². The minimum absolute atomic E-state index is 0.127. The van der Waals surface area contributed by atoms with Crippen LogP contribution in [0.5, 0.6) is 0 Å². The van der Waals surface area contributed by atoms with Gasteiger partial charge in [-0.05, 0) is 38.0 Å². The van der Waals surface area contributed by atoms with Crippen LogP contribution in [0.1, 0.15) is 25.8 Å². The molecule has 146 valence electrons. The lowest BCUT2D eigenvalue weighted by Gasteiger charge is -2.35. The topological polar surface area (TPSA) is 71.4 Å². The molecule has 2 atom stereocenters. The molecule has 1 aliphatic rings. The number of imidazole rings is 1. The van der Waals surface area contributed by atoms with Crippen LogP contribution in [0.3, 0.4) is 0 Å². The molecule has 7 heteroatoms. The van der Waals surface area contributed by atoms with E-state index in [0.29, 0.717) is 13.1 Å². The van der Waals surface area contributed by atoms with Gasteiger partial charge in [-0.15, -0.1) is 0 Å². The quantitative estimate of drug-likeness (QED) is 0.732. The van der Waals surface area contributed by atoms with Crippen LogP contribution in [0.2, 0.25) is 0 Å². The van der Waals surface area contributed by atoms with Crippen LogP contribution in [0.25, 0.3) is 5.69 Å². The third-order valence-corrected chi connectivity index (χ3v) is 4.62. The first-order valence-electron chi connectivity index (χ1n) is 9.57. The van der Waals surface area contributed by atoms with E-state index in [2.05, 4.69) is 34.4 Å². The van der Waals surface area contributed by atoms with Crippen molar-refractivity contribution >= 4 is 6.03 Å². The molecular weight excluding hydrogens is 342 g/mol. The summed E-state index contributed by atoms with van der Waals surface area (Å²) >= 11 is 0. The number of hydrogen-bond donors (Lipinski definition) is 2. The molecule has 2 unspecified atom stereocenters. The van der Waals surface area contributed by atoms with Crippen molar-refractivity contribution in [3.63, 3.8) is 0 Å². The zero-order valence-corrected chi connectivity index (χ0v) is 16.1. The summed E-state index contributed by atoms with van der Waals surface area (Å²) in [4.78, 5) is 18.4. The monoisotopic (exact) mass is 371 g/mol. The van der Waals surface area contributed by atoms with Gasteiger partial charge in [0.05, 0.1) is 18.5 Å². The van der Waals surface area contributed by atoms with Crippen molar-refractivity contribution in [2.45, 2.75) is 39.0 Å². The molecule has 1 saturated heterocycles. The number of rotatable bonds is 7. The first-order chi connectivity index (χ1) is 13.1. The SMILES string of the molecule is CC1CN(CCCNC(=O)NCc2ccc(-n3ccnc3)cc2)CC(C)O1. The van der Waals surface area contributed by atoms with Crippen LogP contribution < -0.4 is 10.6 Å². The molecule has 2 heterocycles. The molecule has 1 fully saturated rings. The molecule has 0 aliphatic carbocycles. The van der Waals surface area contributed by atoms with E-state index in [-0.39, 0.29) is 18.2 Å². The van der Waals surface area contributed by atoms with Crippen molar-refractivity contribution in [3.05, 3.63) is 48.5 Å². The van der Waals surface area contributed by atoms with Gasteiger partial charge in [0.15, 0.2) is 0 Å². The molecule has 27 heavy (non-hydrogen) atoms. The lowest BCUT2D eigenvalue weighted by Crippen LogP contribution is -2.46. The highest BCUT2D eigenvalue weighted by molar-refractivity contribution is 5.73. The van der Waals surface area contributed by atoms with Crippen molar-refractivity contribution < 1.29 is 9.53 Å². The molecule has 0 radical (unpaired) electrons. The Balaban J connectivity index is 1.31. The zero-order chi connectivity index (χ0) is 19.1. The van der Waals surface area contributed by atoms with E-state index in [9.17, 15) is 4.79 Å². The van der Waals surface area contributed by atoms with Crippen LogP contribution in [0.15, 0.2) is 43.0 Å². The second-order valence-electron chi connectivity index (χ2n) is 7.12. The summed E-state index contributed by atoms with van der Waals surface area (Å²) in [5.74, 6) is 0. The fourth-order valence-electron chi connectivity index (χ4n) is 3.41. The van der Waals surface area contributed by atoms with Crippen LogP contribution in [-0.2, 0) is 11.3 Å². The number of nitrogens with zero attached hydrogens (tertiary/aromatic N) is 3. The molecule has 2 N–H and O–H groups in total. The Hall–Kier alpha value is -2.38. The summed E-state index contributed by atoms with van der Waals surface area (Å²) in [6.07, 6.45) is 6.92. The Morgan fingerprint density at radius 2 is 1.93 bits per heavy atom. The fourth-order valence-corrected chi connectivity index (χ4v) is 3.41.